The van der Waals surface area contributed by atoms with Gasteiger partial charge in [0.1, 0.15) is 17.1 Å². The van der Waals surface area contributed by atoms with Crippen LogP contribution in [0.2, 0.25) is 0 Å². The minimum Gasteiger partial charge on any atom is -0.506 e. The number of hydrogen-bond acceptors (Lipinski definition) is 5. The van der Waals surface area contributed by atoms with Crippen LogP contribution >= 0.6 is 0 Å². The molecule has 0 saturated heterocycles. The number of aromatic hydroxyl groups is 1. The Morgan fingerprint density at radius 1 is 1.48 bits per heavy atom. The van der Waals surface area contributed by atoms with E-state index in [0.717, 1.165) is 6.20 Å². The van der Waals surface area contributed by atoms with Gasteiger partial charge in [-0.15, -0.1) is 0 Å². The lowest BCUT2D eigenvalue weighted by Crippen LogP contribution is -2.17. The molecule has 0 bridgehead atoms. The van der Waals surface area contributed by atoms with Crippen molar-refractivity contribution in [3.05, 3.63) is 41.1 Å². The van der Waals surface area contributed by atoms with Crippen molar-refractivity contribution < 1.29 is 19.0 Å². The van der Waals surface area contributed by atoms with E-state index in [9.17, 15) is 14.3 Å². The normalized spacial score (nSPS) is 10.6. The zero-order valence-electron chi connectivity index (χ0n) is 11.6. The van der Waals surface area contributed by atoms with Crippen molar-refractivity contribution in [3.8, 4) is 17.0 Å². The highest BCUT2D eigenvalue weighted by molar-refractivity contribution is 5.99. The average Bonchev–Trinajstić information content (AvgIpc) is 2.40. The summed E-state index contributed by atoms with van der Waals surface area (Å²) in [5.74, 6) is -1.66. The van der Waals surface area contributed by atoms with E-state index in [1.807, 2.05) is 0 Å². The van der Waals surface area contributed by atoms with Crippen molar-refractivity contribution in [2.75, 3.05) is 7.11 Å². The lowest BCUT2D eigenvalue weighted by Gasteiger charge is -2.14. The number of hydrogen-bond donors (Lipinski definition) is 2. The van der Waals surface area contributed by atoms with E-state index in [0.29, 0.717) is 11.4 Å². The first-order valence-corrected chi connectivity index (χ1v) is 6.08. The number of carbonyl (C=O) groups is 1. The molecule has 6 nitrogen and oxygen atoms in total. The van der Waals surface area contributed by atoms with Crippen LogP contribution in [-0.2, 0) is 11.3 Å². The molecule has 0 atom stereocenters. The number of pyridine rings is 2. The smallest absolute Gasteiger partial charge is 0.254 e. The zero-order valence-corrected chi connectivity index (χ0v) is 11.6. The molecule has 3 N–H and O–H groups in total. The van der Waals surface area contributed by atoms with Crippen molar-refractivity contribution in [3.63, 3.8) is 0 Å². The first-order chi connectivity index (χ1) is 9.95. The average molecular weight is 291 g/mol. The number of carbonyl (C=O) groups excluding carboxylic acids is 1. The maximum absolute atomic E-state index is 12.9. The third kappa shape index (κ3) is 2.82. The number of halogens is 1. The molecule has 2 heterocycles. The molecule has 2 aromatic heterocycles. The van der Waals surface area contributed by atoms with E-state index in [1.165, 1.54) is 19.2 Å². The highest BCUT2D eigenvalue weighted by Crippen LogP contribution is 2.34. The minimum atomic E-state index is -0.824. The number of primary amides is 1. The predicted molar refractivity (Wildman–Crippen MR) is 73.1 cm³/mol. The van der Waals surface area contributed by atoms with Gasteiger partial charge in [-0.3, -0.25) is 14.8 Å². The number of aryl methyl sites for hydroxylation is 1. The molecule has 110 valence electrons. The first-order valence-electron chi connectivity index (χ1n) is 6.08. The second kappa shape index (κ2) is 5.84. The van der Waals surface area contributed by atoms with Gasteiger partial charge in [-0.05, 0) is 19.1 Å². The van der Waals surface area contributed by atoms with Crippen molar-refractivity contribution in [1.82, 2.24) is 9.97 Å². The molecule has 0 aliphatic heterocycles. The second-order valence-corrected chi connectivity index (χ2v) is 4.40. The van der Waals surface area contributed by atoms with Crippen LogP contribution in [-0.4, -0.2) is 28.1 Å². The van der Waals surface area contributed by atoms with Gasteiger partial charge < -0.3 is 15.6 Å². The van der Waals surface area contributed by atoms with Crippen LogP contribution in [0.5, 0.6) is 5.75 Å². The van der Waals surface area contributed by atoms with E-state index in [1.54, 1.807) is 6.92 Å². The fourth-order valence-corrected chi connectivity index (χ4v) is 2.08. The molecular formula is C14H14FN3O3. The van der Waals surface area contributed by atoms with Gasteiger partial charge in [-0.25, -0.2) is 4.39 Å². The lowest BCUT2D eigenvalue weighted by molar-refractivity contribution is 0.0991. The standard InChI is InChI=1S/C14H14FN3O3/c1-7-11(9-4-3-8(15)5-17-9)13(19)12(14(16)20)10(18-7)6-21-2/h3-5H,6H2,1-2H3,(H2,16,20)(H,18,19). The van der Waals surface area contributed by atoms with Gasteiger partial charge >= 0.3 is 0 Å². The Hall–Kier alpha value is -2.54. The van der Waals surface area contributed by atoms with E-state index in [2.05, 4.69) is 9.97 Å². The van der Waals surface area contributed by atoms with Crippen molar-refractivity contribution >= 4 is 5.91 Å². The molecule has 0 aliphatic carbocycles. The number of ether oxygens (including phenoxy) is 1. The van der Waals surface area contributed by atoms with Gasteiger partial charge in [0.25, 0.3) is 5.91 Å². The Labute approximate surface area is 120 Å². The molecule has 1 amide bonds. The van der Waals surface area contributed by atoms with Crippen LogP contribution in [0.15, 0.2) is 18.3 Å². The number of methoxy groups -OCH3 is 1. The third-order valence-corrected chi connectivity index (χ3v) is 2.94. The van der Waals surface area contributed by atoms with E-state index < -0.39 is 11.7 Å². The Balaban J connectivity index is 2.70. The largest absolute Gasteiger partial charge is 0.506 e. The highest BCUT2D eigenvalue weighted by atomic mass is 19.1. The van der Waals surface area contributed by atoms with Gasteiger partial charge in [0, 0.05) is 7.11 Å². The molecule has 2 rings (SSSR count). The lowest BCUT2D eigenvalue weighted by atomic mass is 10.0. The molecule has 0 saturated carbocycles. The number of amides is 1. The van der Waals surface area contributed by atoms with E-state index in [-0.39, 0.29) is 29.2 Å². The number of nitrogens with two attached hydrogens (primary N) is 1. The van der Waals surface area contributed by atoms with Crippen molar-refractivity contribution in [2.45, 2.75) is 13.5 Å². The summed E-state index contributed by atoms with van der Waals surface area (Å²) >= 11 is 0. The van der Waals surface area contributed by atoms with Crippen LogP contribution < -0.4 is 5.73 Å². The summed E-state index contributed by atoms with van der Waals surface area (Å²) in [7, 11) is 1.44. The third-order valence-electron chi connectivity index (χ3n) is 2.94. The Morgan fingerprint density at radius 3 is 2.71 bits per heavy atom. The molecule has 0 spiro atoms. The number of rotatable bonds is 4. The molecule has 7 heteroatoms. The van der Waals surface area contributed by atoms with Crippen molar-refractivity contribution in [2.24, 2.45) is 5.73 Å². The first kappa shape index (κ1) is 14.9. The molecule has 0 aliphatic rings. The molecule has 21 heavy (non-hydrogen) atoms. The number of nitrogens with zero attached hydrogens (tertiary/aromatic N) is 2. The van der Waals surface area contributed by atoms with Gasteiger partial charge in [0.05, 0.1) is 35.4 Å². The maximum Gasteiger partial charge on any atom is 0.254 e. The summed E-state index contributed by atoms with van der Waals surface area (Å²) in [6.07, 6.45) is 1.02. The SMILES string of the molecule is COCc1nc(C)c(-c2ccc(F)cn2)c(O)c1C(N)=O. The summed E-state index contributed by atoms with van der Waals surface area (Å²) in [5, 5.41) is 10.3. The van der Waals surface area contributed by atoms with Crippen LogP contribution in [0, 0.1) is 12.7 Å². The summed E-state index contributed by atoms with van der Waals surface area (Å²) in [5.41, 5.74) is 6.38. The topological polar surface area (TPSA) is 98.3 Å². The van der Waals surface area contributed by atoms with Crippen LogP contribution in [0.4, 0.5) is 4.39 Å². The maximum atomic E-state index is 12.9. The van der Waals surface area contributed by atoms with Crippen LogP contribution in [0.1, 0.15) is 21.7 Å². The summed E-state index contributed by atoms with van der Waals surface area (Å²) in [4.78, 5) is 19.7. The quantitative estimate of drug-likeness (QED) is 0.890. The van der Waals surface area contributed by atoms with E-state index >= 15 is 0 Å². The highest BCUT2D eigenvalue weighted by Gasteiger charge is 2.22. The molecule has 0 unspecified atom stereocenters. The predicted octanol–water partition coefficient (Wildman–Crippen LogP) is 1.54. The van der Waals surface area contributed by atoms with Crippen LogP contribution in [0.25, 0.3) is 11.3 Å². The monoisotopic (exact) mass is 291 g/mol. The second-order valence-electron chi connectivity index (χ2n) is 4.40. The van der Waals surface area contributed by atoms with Crippen molar-refractivity contribution in [1.29, 1.82) is 0 Å². The fraction of sp³-hybridized carbons (Fsp3) is 0.214. The Morgan fingerprint density at radius 2 is 2.19 bits per heavy atom. The Bertz CT molecular complexity index is 687. The van der Waals surface area contributed by atoms with Gasteiger partial charge in [0.15, 0.2) is 0 Å². The number of aromatic nitrogens is 2. The van der Waals surface area contributed by atoms with Gasteiger partial charge in [0.2, 0.25) is 0 Å². The van der Waals surface area contributed by atoms with Gasteiger partial charge in [-0.1, -0.05) is 0 Å². The summed E-state index contributed by atoms with van der Waals surface area (Å²) < 4.78 is 17.9. The van der Waals surface area contributed by atoms with Gasteiger partial charge in [-0.2, -0.15) is 0 Å². The summed E-state index contributed by atoms with van der Waals surface area (Å²) in [6, 6.07) is 2.59. The molecule has 0 radical (unpaired) electrons. The summed E-state index contributed by atoms with van der Waals surface area (Å²) in [6.45, 7) is 1.67. The Kier molecular flexibility index (Phi) is 4.13. The molecule has 0 fully saturated rings. The fourth-order valence-electron chi connectivity index (χ4n) is 2.08. The molecular weight excluding hydrogens is 277 g/mol. The van der Waals surface area contributed by atoms with E-state index in [4.69, 9.17) is 10.5 Å². The molecule has 0 aromatic carbocycles. The van der Waals surface area contributed by atoms with Crippen LogP contribution in [0.3, 0.4) is 0 Å². The molecule has 2 aromatic rings. The minimum absolute atomic E-state index is 0.0315. The zero-order chi connectivity index (χ0) is 15.6.